The van der Waals surface area contributed by atoms with E-state index in [0.29, 0.717) is 12.5 Å². The Morgan fingerprint density at radius 2 is 1.93 bits per heavy atom. The maximum atomic E-state index is 5.51. The molecule has 0 atom stereocenters. The highest BCUT2D eigenvalue weighted by atomic mass is 16.5. The molecule has 0 amide bonds. The minimum atomic E-state index is 0.582. The predicted octanol–water partition coefficient (Wildman–Crippen LogP) is 3.37. The molecule has 1 rings (SSSR count). The summed E-state index contributed by atoms with van der Waals surface area (Å²) in [5, 5.41) is 0. The second-order valence-corrected chi connectivity index (χ2v) is 3.88. The topological polar surface area (TPSA) is 9.23 Å². The fourth-order valence-electron chi connectivity index (χ4n) is 1.18. The van der Waals surface area contributed by atoms with Crippen molar-refractivity contribution in [1.29, 1.82) is 0 Å². The van der Waals surface area contributed by atoms with Crippen molar-refractivity contribution in [2.45, 2.75) is 13.8 Å². The van der Waals surface area contributed by atoms with Gasteiger partial charge in [-0.25, -0.2) is 0 Å². The number of rotatable bonds is 5. The monoisotopic (exact) mass is 190 g/mol. The molecule has 0 N–H and O–H groups in total. The smallest absolute Gasteiger partial charge is 0.0717 e. The van der Waals surface area contributed by atoms with Crippen molar-refractivity contribution in [2.24, 2.45) is 5.92 Å². The molecule has 0 spiro atoms. The van der Waals surface area contributed by atoms with Gasteiger partial charge in [0.05, 0.1) is 6.61 Å². The van der Waals surface area contributed by atoms with Gasteiger partial charge in [-0.2, -0.15) is 0 Å². The number of ether oxygens (including phenoxy) is 1. The third kappa shape index (κ3) is 3.75. The first kappa shape index (κ1) is 11.0. The van der Waals surface area contributed by atoms with Gasteiger partial charge in [-0.3, -0.25) is 0 Å². The Morgan fingerprint density at radius 1 is 1.29 bits per heavy atom. The van der Waals surface area contributed by atoms with Crippen LogP contribution in [0.5, 0.6) is 0 Å². The van der Waals surface area contributed by atoms with E-state index < -0.39 is 0 Å². The molecule has 14 heavy (non-hydrogen) atoms. The zero-order valence-corrected chi connectivity index (χ0v) is 8.99. The lowest BCUT2D eigenvalue weighted by atomic mass is 10.1. The highest BCUT2D eigenvalue weighted by Gasteiger charge is 1.99. The van der Waals surface area contributed by atoms with Gasteiger partial charge in [-0.05, 0) is 17.1 Å². The Morgan fingerprint density at radius 3 is 2.50 bits per heavy atom. The highest BCUT2D eigenvalue weighted by molar-refractivity contribution is 5.63. The quantitative estimate of drug-likeness (QED) is 0.691. The van der Waals surface area contributed by atoms with Gasteiger partial charge in [0.15, 0.2) is 0 Å². The Labute approximate surface area is 86.4 Å². The molecule has 76 valence electrons. The molecule has 1 aromatic rings. The maximum absolute atomic E-state index is 5.51. The summed E-state index contributed by atoms with van der Waals surface area (Å²) in [6.07, 6.45) is 0. The summed E-state index contributed by atoms with van der Waals surface area (Å²) >= 11 is 0. The van der Waals surface area contributed by atoms with Crippen LogP contribution in [0.2, 0.25) is 0 Å². The fraction of sp³-hybridized carbons (Fsp3) is 0.385. The highest BCUT2D eigenvalue weighted by Crippen LogP contribution is 2.11. The van der Waals surface area contributed by atoms with Gasteiger partial charge in [0, 0.05) is 6.61 Å². The van der Waals surface area contributed by atoms with Crippen LogP contribution in [-0.2, 0) is 4.74 Å². The minimum Gasteiger partial charge on any atom is -0.377 e. The van der Waals surface area contributed by atoms with Crippen LogP contribution in [0.25, 0.3) is 5.57 Å². The zero-order chi connectivity index (χ0) is 10.4. The first-order valence-corrected chi connectivity index (χ1v) is 5.01. The molecule has 0 saturated heterocycles. The van der Waals surface area contributed by atoms with E-state index in [0.717, 1.165) is 17.7 Å². The van der Waals surface area contributed by atoms with E-state index in [1.165, 1.54) is 0 Å². The molecule has 0 aromatic heterocycles. The third-order valence-corrected chi connectivity index (χ3v) is 1.91. The van der Waals surface area contributed by atoms with Gasteiger partial charge in [-0.15, -0.1) is 0 Å². The predicted molar refractivity (Wildman–Crippen MR) is 61.1 cm³/mol. The lowest BCUT2D eigenvalue weighted by Gasteiger charge is -2.08. The van der Waals surface area contributed by atoms with Crippen molar-refractivity contribution in [2.75, 3.05) is 13.2 Å². The molecule has 0 aliphatic heterocycles. The van der Waals surface area contributed by atoms with E-state index in [1.54, 1.807) is 0 Å². The first-order chi connectivity index (χ1) is 6.70. The van der Waals surface area contributed by atoms with Gasteiger partial charge in [0.25, 0.3) is 0 Å². The largest absolute Gasteiger partial charge is 0.377 e. The molecular weight excluding hydrogens is 172 g/mol. The minimum absolute atomic E-state index is 0.582. The molecule has 1 nitrogen and oxygen atoms in total. The van der Waals surface area contributed by atoms with Crippen molar-refractivity contribution in [3.8, 4) is 0 Å². The summed E-state index contributed by atoms with van der Waals surface area (Å²) in [5.74, 6) is 0.582. The third-order valence-electron chi connectivity index (χ3n) is 1.91. The molecule has 0 radical (unpaired) electrons. The van der Waals surface area contributed by atoms with Crippen LogP contribution in [0.15, 0.2) is 36.9 Å². The van der Waals surface area contributed by atoms with Gasteiger partial charge in [0.2, 0.25) is 0 Å². The van der Waals surface area contributed by atoms with Crippen LogP contribution in [-0.4, -0.2) is 13.2 Å². The molecule has 1 aromatic carbocycles. The summed E-state index contributed by atoms with van der Waals surface area (Å²) in [6.45, 7) is 9.71. The molecular formula is C13H18O. The van der Waals surface area contributed by atoms with Crippen LogP contribution in [0.1, 0.15) is 19.4 Å². The van der Waals surface area contributed by atoms with Crippen molar-refractivity contribution in [3.05, 3.63) is 42.5 Å². The van der Waals surface area contributed by atoms with E-state index in [9.17, 15) is 0 Å². The van der Waals surface area contributed by atoms with Gasteiger partial charge < -0.3 is 4.74 Å². The van der Waals surface area contributed by atoms with Crippen LogP contribution in [0, 0.1) is 5.92 Å². The average Bonchev–Trinajstić information content (AvgIpc) is 2.18. The normalized spacial score (nSPS) is 10.5. The summed E-state index contributed by atoms with van der Waals surface area (Å²) in [5.41, 5.74) is 2.21. The van der Waals surface area contributed by atoms with Crippen molar-refractivity contribution < 1.29 is 4.74 Å². The van der Waals surface area contributed by atoms with Crippen molar-refractivity contribution in [1.82, 2.24) is 0 Å². The molecule has 0 unspecified atom stereocenters. The van der Waals surface area contributed by atoms with Crippen molar-refractivity contribution >= 4 is 5.57 Å². The standard InChI is InChI=1S/C13H18O/c1-11(2)9-14-10-12(3)13-7-5-4-6-8-13/h4-8,11H,3,9-10H2,1-2H3. The molecule has 0 saturated carbocycles. The molecule has 0 aliphatic rings. The van der Waals surface area contributed by atoms with E-state index in [1.807, 2.05) is 18.2 Å². The van der Waals surface area contributed by atoms with Gasteiger partial charge in [0.1, 0.15) is 0 Å². The second kappa shape index (κ2) is 5.61. The second-order valence-electron chi connectivity index (χ2n) is 3.88. The first-order valence-electron chi connectivity index (χ1n) is 5.01. The Hall–Kier alpha value is -1.08. The number of hydrogen-bond acceptors (Lipinski definition) is 1. The average molecular weight is 190 g/mol. The van der Waals surface area contributed by atoms with E-state index in [-0.39, 0.29) is 0 Å². The van der Waals surface area contributed by atoms with Gasteiger partial charge in [-0.1, -0.05) is 50.8 Å². The molecule has 0 heterocycles. The van der Waals surface area contributed by atoms with Crippen LogP contribution in [0.4, 0.5) is 0 Å². The lowest BCUT2D eigenvalue weighted by molar-refractivity contribution is 0.139. The molecule has 0 aliphatic carbocycles. The Kier molecular flexibility index (Phi) is 4.41. The number of benzene rings is 1. The van der Waals surface area contributed by atoms with Gasteiger partial charge >= 0.3 is 0 Å². The maximum Gasteiger partial charge on any atom is 0.0717 e. The van der Waals surface area contributed by atoms with E-state index >= 15 is 0 Å². The summed E-state index contributed by atoms with van der Waals surface area (Å²) in [4.78, 5) is 0. The Bertz CT molecular complexity index is 275. The Balaban J connectivity index is 2.36. The molecule has 0 bridgehead atoms. The van der Waals surface area contributed by atoms with E-state index in [4.69, 9.17) is 4.74 Å². The zero-order valence-electron chi connectivity index (χ0n) is 8.99. The fourth-order valence-corrected chi connectivity index (χ4v) is 1.18. The lowest BCUT2D eigenvalue weighted by Crippen LogP contribution is -2.04. The molecule has 1 heteroatoms. The van der Waals surface area contributed by atoms with Crippen LogP contribution < -0.4 is 0 Å². The summed E-state index contributed by atoms with van der Waals surface area (Å²) in [6, 6.07) is 10.2. The van der Waals surface area contributed by atoms with Crippen LogP contribution in [0.3, 0.4) is 0 Å². The van der Waals surface area contributed by atoms with Crippen LogP contribution >= 0.6 is 0 Å². The van der Waals surface area contributed by atoms with E-state index in [2.05, 4.69) is 32.6 Å². The SMILES string of the molecule is C=C(COCC(C)C)c1ccccc1. The summed E-state index contributed by atoms with van der Waals surface area (Å²) < 4.78 is 5.51. The number of hydrogen-bond donors (Lipinski definition) is 0. The van der Waals surface area contributed by atoms with Crippen molar-refractivity contribution in [3.63, 3.8) is 0 Å². The summed E-state index contributed by atoms with van der Waals surface area (Å²) in [7, 11) is 0. The molecule has 0 fully saturated rings.